The van der Waals surface area contributed by atoms with Gasteiger partial charge in [0.1, 0.15) is 5.37 Å². The Labute approximate surface area is 121 Å². The minimum atomic E-state index is -3.12. The second kappa shape index (κ2) is 6.10. The van der Waals surface area contributed by atoms with E-state index in [1.807, 2.05) is 4.90 Å². The smallest absolute Gasteiger partial charge is 0.358 e. The van der Waals surface area contributed by atoms with E-state index in [4.69, 9.17) is 5.11 Å². The molecule has 1 aliphatic heterocycles. The van der Waals surface area contributed by atoms with E-state index in [0.29, 0.717) is 25.4 Å². The topological polar surface area (TPSA) is 105 Å². The van der Waals surface area contributed by atoms with Gasteiger partial charge in [-0.25, -0.2) is 13.2 Å². The first-order valence-electron chi connectivity index (χ1n) is 6.02. The molecule has 112 valence electrons. The zero-order valence-corrected chi connectivity index (χ0v) is 12.6. The highest BCUT2D eigenvalue weighted by Crippen LogP contribution is 2.20. The second-order valence-electron chi connectivity index (χ2n) is 4.57. The Kier molecular flexibility index (Phi) is 4.66. The first kappa shape index (κ1) is 15.3. The van der Waals surface area contributed by atoms with Crippen LogP contribution in [0.2, 0.25) is 0 Å². The SMILES string of the molecule is CS(=O)(=O)C1CSCCN1CCn1cc(C(=O)O)nn1. The van der Waals surface area contributed by atoms with Crippen LogP contribution in [-0.2, 0) is 16.4 Å². The van der Waals surface area contributed by atoms with Crippen LogP contribution in [0.1, 0.15) is 10.5 Å². The molecule has 0 aromatic carbocycles. The number of carboxylic acids is 1. The maximum atomic E-state index is 11.7. The molecule has 1 N–H and O–H groups in total. The number of nitrogens with zero attached hydrogens (tertiary/aromatic N) is 4. The predicted molar refractivity (Wildman–Crippen MR) is 74.5 cm³/mol. The molecule has 2 heterocycles. The van der Waals surface area contributed by atoms with Gasteiger partial charge in [-0.2, -0.15) is 11.8 Å². The average molecular weight is 320 g/mol. The fourth-order valence-electron chi connectivity index (χ4n) is 2.00. The van der Waals surface area contributed by atoms with Crippen molar-refractivity contribution in [3.8, 4) is 0 Å². The molecule has 0 amide bonds. The molecule has 0 spiro atoms. The molecule has 1 aliphatic rings. The largest absolute Gasteiger partial charge is 0.476 e. The zero-order chi connectivity index (χ0) is 14.8. The number of thioether (sulfide) groups is 1. The number of carbonyl (C=O) groups is 1. The summed E-state index contributed by atoms with van der Waals surface area (Å²) in [4.78, 5) is 12.6. The summed E-state index contributed by atoms with van der Waals surface area (Å²) in [5, 5.41) is 15.5. The second-order valence-corrected chi connectivity index (χ2v) is 7.92. The first-order valence-corrected chi connectivity index (χ1v) is 9.13. The lowest BCUT2D eigenvalue weighted by Crippen LogP contribution is -2.47. The molecule has 2 rings (SSSR count). The Morgan fingerprint density at radius 2 is 2.30 bits per heavy atom. The molecule has 1 unspecified atom stereocenters. The van der Waals surface area contributed by atoms with E-state index in [1.54, 1.807) is 11.8 Å². The van der Waals surface area contributed by atoms with E-state index in [9.17, 15) is 13.2 Å². The highest BCUT2D eigenvalue weighted by Gasteiger charge is 2.30. The van der Waals surface area contributed by atoms with Gasteiger partial charge in [0.15, 0.2) is 15.5 Å². The quantitative estimate of drug-likeness (QED) is 0.766. The van der Waals surface area contributed by atoms with Crippen LogP contribution in [0, 0.1) is 0 Å². The predicted octanol–water partition coefficient (Wildman–Crippen LogP) is -0.604. The molecule has 0 radical (unpaired) electrons. The first-order chi connectivity index (χ1) is 9.38. The summed E-state index contributed by atoms with van der Waals surface area (Å²) in [6.07, 6.45) is 2.59. The minimum Gasteiger partial charge on any atom is -0.476 e. The van der Waals surface area contributed by atoms with Crippen LogP contribution in [0.5, 0.6) is 0 Å². The van der Waals surface area contributed by atoms with Crippen molar-refractivity contribution in [2.75, 3.05) is 30.9 Å². The summed E-state index contributed by atoms with van der Waals surface area (Å²) in [7, 11) is -3.12. The molecule has 20 heavy (non-hydrogen) atoms. The van der Waals surface area contributed by atoms with E-state index >= 15 is 0 Å². The van der Waals surface area contributed by atoms with Gasteiger partial charge in [-0.1, -0.05) is 5.21 Å². The van der Waals surface area contributed by atoms with Crippen molar-refractivity contribution in [1.82, 2.24) is 19.9 Å². The fraction of sp³-hybridized carbons (Fsp3) is 0.700. The van der Waals surface area contributed by atoms with Gasteiger partial charge in [0.05, 0.1) is 12.7 Å². The monoisotopic (exact) mass is 320 g/mol. The lowest BCUT2D eigenvalue weighted by molar-refractivity contribution is 0.0690. The third-order valence-corrected chi connectivity index (χ3v) is 5.75. The number of sulfone groups is 1. The van der Waals surface area contributed by atoms with Crippen molar-refractivity contribution in [2.24, 2.45) is 0 Å². The molecule has 8 nitrogen and oxygen atoms in total. The third kappa shape index (κ3) is 3.70. The average Bonchev–Trinajstić information content (AvgIpc) is 2.84. The summed E-state index contributed by atoms with van der Waals surface area (Å²) in [5.41, 5.74) is -0.112. The maximum Gasteiger partial charge on any atom is 0.358 e. The highest BCUT2D eigenvalue weighted by atomic mass is 32.2. The molecule has 10 heteroatoms. The van der Waals surface area contributed by atoms with Crippen LogP contribution in [-0.4, -0.2) is 75.6 Å². The van der Waals surface area contributed by atoms with Crippen LogP contribution >= 0.6 is 11.8 Å². The van der Waals surface area contributed by atoms with E-state index < -0.39 is 21.2 Å². The number of aromatic carboxylic acids is 1. The Morgan fingerprint density at radius 3 is 2.90 bits per heavy atom. The Morgan fingerprint density at radius 1 is 1.55 bits per heavy atom. The molecule has 0 aliphatic carbocycles. The van der Waals surface area contributed by atoms with Crippen LogP contribution in [0.15, 0.2) is 6.20 Å². The molecule has 1 saturated heterocycles. The molecule has 0 saturated carbocycles. The normalized spacial score (nSPS) is 20.9. The van der Waals surface area contributed by atoms with E-state index in [1.165, 1.54) is 17.1 Å². The molecular weight excluding hydrogens is 304 g/mol. The summed E-state index contributed by atoms with van der Waals surface area (Å²) >= 11 is 1.63. The van der Waals surface area contributed by atoms with Crippen LogP contribution in [0.3, 0.4) is 0 Å². The summed E-state index contributed by atoms with van der Waals surface area (Å²) in [6.45, 7) is 1.61. The van der Waals surface area contributed by atoms with Crippen LogP contribution in [0.4, 0.5) is 0 Å². The lowest BCUT2D eigenvalue weighted by Gasteiger charge is -2.33. The maximum absolute atomic E-state index is 11.7. The number of aromatic nitrogens is 3. The van der Waals surface area contributed by atoms with Crippen molar-refractivity contribution >= 4 is 27.6 Å². The van der Waals surface area contributed by atoms with Crippen LogP contribution < -0.4 is 0 Å². The van der Waals surface area contributed by atoms with Crippen molar-refractivity contribution in [2.45, 2.75) is 11.9 Å². The Balaban J connectivity index is 1.99. The van der Waals surface area contributed by atoms with E-state index in [0.717, 1.165) is 5.75 Å². The summed E-state index contributed by atoms with van der Waals surface area (Å²) in [6, 6.07) is 0. The molecule has 1 aromatic heterocycles. The summed E-state index contributed by atoms with van der Waals surface area (Å²) in [5.74, 6) is 0.333. The van der Waals surface area contributed by atoms with Crippen molar-refractivity contribution in [3.63, 3.8) is 0 Å². The van der Waals surface area contributed by atoms with Gasteiger partial charge in [0, 0.05) is 30.9 Å². The van der Waals surface area contributed by atoms with Gasteiger partial charge in [-0.3, -0.25) is 9.58 Å². The van der Waals surface area contributed by atoms with Crippen molar-refractivity contribution < 1.29 is 18.3 Å². The highest BCUT2D eigenvalue weighted by molar-refractivity contribution is 8.00. The molecule has 1 aromatic rings. The lowest BCUT2D eigenvalue weighted by atomic mass is 10.4. The molecule has 0 bridgehead atoms. The van der Waals surface area contributed by atoms with E-state index in [2.05, 4.69) is 10.3 Å². The Hall–Kier alpha value is -1.13. The van der Waals surface area contributed by atoms with Gasteiger partial charge in [-0.05, 0) is 0 Å². The third-order valence-electron chi connectivity index (χ3n) is 3.06. The van der Waals surface area contributed by atoms with Gasteiger partial charge >= 0.3 is 5.97 Å². The standard InChI is InChI=1S/C10H16N4O4S2/c1-20(17,18)9-7-19-5-4-13(9)2-3-14-6-8(10(15)16)11-12-14/h6,9H,2-5,7H2,1H3,(H,15,16). The molecule has 1 fully saturated rings. The molecular formula is C10H16N4O4S2. The van der Waals surface area contributed by atoms with Crippen molar-refractivity contribution in [1.29, 1.82) is 0 Å². The minimum absolute atomic E-state index is 0.112. The zero-order valence-electron chi connectivity index (χ0n) is 11.0. The van der Waals surface area contributed by atoms with Gasteiger partial charge in [0.2, 0.25) is 0 Å². The molecule has 1 atom stereocenters. The Bertz CT molecular complexity index is 586. The fourth-order valence-corrected chi connectivity index (χ4v) is 4.97. The van der Waals surface area contributed by atoms with Gasteiger partial charge < -0.3 is 5.11 Å². The van der Waals surface area contributed by atoms with Gasteiger partial charge in [-0.15, -0.1) is 5.10 Å². The van der Waals surface area contributed by atoms with Gasteiger partial charge in [0.25, 0.3) is 0 Å². The number of carboxylic acid groups (broad SMARTS) is 1. The number of hydrogen-bond acceptors (Lipinski definition) is 7. The van der Waals surface area contributed by atoms with E-state index in [-0.39, 0.29) is 5.69 Å². The van der Waals surface area contributed by atoms with Crippen LogP contribution in [0.25, 0.3) is 0 Å². The number of hydrogen-bond donors (Lipinski definition) is 1. The number of rotatable bonds is 5. The van der Waals surface area contributed by atoms with Crippen molar-refractivity contribution in [3.05, 3.63) is 11.9 Å². The summed E-state index contributed by atoms with van der Waals surface area (Å²) < 4.78 is 24.9.